The van der Waals surface area contributed by atoms with E-state index in [4.69, 9.17) is 9.92 Å². The number of halogens is 1. The van der Waals surface area contributed by atoms with Gasteiger partial charge in [-0.2, -0.15) is 8.42 Å². The molecule has 0 spiro atoms. The zero-order valence-corrected chi connectivity index (χ0v) is 20.8. The average molecular weight is 543 g/mol. The first-order valence-corrected chi connectivity index (χ1v) is 12.8. The molecule has 37 heavy (non-hydrogen) atoms. The summed E-state index contributed by atoms with van der Waals surface area (Å²) in [4.78, 5) is 27.2. The van der Waals surface area contributed by atoms with E-state index in [9.17, 15) is 47.9 Å². The fourth-order valence-electron chi connectivity index (χ4n) is 6.07. The number of ketones is 1. The number of carbonyl (C=O) groups excluding carboxylic acids is 2. The van der Waals surface area contributed by atoms with Gasteiger partial charge in [0.1, 0.15) is 17.1 Å². The number of benzene rings is 1. The largest absolute Gasteiger partial charge is 0.511 e. The Bertz CT molecular complexity index is 1350. The predicted octanol–water partition coefficient (Wildman–Crippen LogP) is -0.421. The number of hydrogen-bond donors (Lipinski definition) is 6. The molecule has 7 N–H and O–H groups in total. The van der Waals surface area contributed by atoms with E-state index in [2.05, 4.69) is 0 Å². The first-order chi connectivity index (χ1) is 17.1. The standard InChI is InChI=1S/C23H27FN2O10S/c1-8-9-5-4-6-10(36-37(34,35)7-24)12(9)19(28)13-11(8)18(27)14-15(20(13)29)23(32,33)16(22(25)31)21(30)17(14)26(2)3/h4-6,8,11,14-15,17-18,27,29-30,32-33H,7H2,1-3H3,(H2,25,31). The van der Waals surface area contributed by atoms with Crippen LogP contribution in [0.15, 0.2) is 40.9 Å². The number of amides is 1. The molecular formula is C23H27FN2O10S. The van der Waals surface area contributed by atoms with Gasteiger partial charge in [-0.1, -0.05) is 19.1 Å². The third-order valence-electron chi connectivity index (χ3n) is 7.47. The summed E-state index contributed by atoms with van der Waals surface area (Å²) < 4.78 is 41.3. The van der Waals surface area contributed by atoms with Crippen molar-refractivity contribution in [3.63, 3.8) is 0 Å². The van der Waals surface area contributed by atoms with Crippen molar-refractivity contribution in [3.8, 4) is 5.75 Å². The van der Waals surface area contributed by atoms with Gasteiger partial charge in [-0.15, -0.1) is 0 Å². The highest BCUT2D eigenvalue weighted by Crippen LogP contribution is 2.56. The molecule has 3 aliphatic carbocycles. The van der Waals surface area contributed by atoms with Crippen molar-refractivity contribution in [1.29, 1.82) is 0 Å². The second-order valence-electron chi connectivity index (χ2n) is 9.72. The normalized spacial score (nSPS) is 31.1. The fraction of sp³-hybridized carbons (Fsp3) is 0.478. The second-order valence-corrected chi connectivity index (χ2v) is 11.2. The highest BCUT2D eigenvalue weighted by molar-refractivity contribution is 7.86. The van der Waals surface area contributed by atoms with E-state index < -0.39 is 97.8 Å². The molecule has 0 saturated heterocycles. The molecule has 6 atom stereocenters. The first-order valence-electron chi connectivity index (χ1n) is 11.2. The predicted molar refractivity (Wildman–Crippen MR) is 124 cm³/mol. The molecule has 0 fully saturated rings. The van der Waals surface area contributed by atoms with Crippen molar-refractivity contribution >= 4 is 21.8 Å². The number of carbonyl (C=O) groups is 2. The third-order valence-corrected chi connectivity index (χ3v) is 8.17. The fourth-order valence-corrected chi connectivity index (χ4v) is 6.52. The molecule has 0 saturated carbocycles. The molecule has 3 aliphatic rings. The number of Topliss-reactive ketones (excluding diaryl/α,β-unsaturated/α-hetero) is 1. The van der Waals surface area contributed by atoms with Crippen LogP contribution in [0.25, 0.3) is 0 Å². The maximum Gasteiger partial charge on any atom is 0.339 e. The van der Waals surface area contributed by atoms with Crippen molar-refractivity contribution in [2.75, 3.05) is 20.1 Å². The number of aliphatic hydroxyl groups excluding tert-OH is 3. The van der Waals surface area contributed by atoms with Crippen LogP contribution < -0.4 is 9.92 Å². The molecule has 4 rings (SSSR count). The summed E-state index contributed by atoms with van der Waals surface area (Å²) in [7, 11) is -1.72. The van der Waals surface area contributed by atoms with Gasteiger partial charge in [0, 0.05) is 17.4 Å². The summed E-state index contributed by atoms with van der Waals surface area (Å²) in [6.45, 7) is 1.59. The Morgan fingerprint density at radius 3 is 2.38 bits per heavy atom. The number of nitrogens with zero attached hydrogens (tertiary/aromatic N) is 1. The van der Waals surface area contributed by atoms with Gasteiger partial charge in [-0.05, 0) is 31.6 Å². The van der Waals surface area contributed by atoms with Crippen LogP contribution in [0.1, 0.15) is 28.8 Å². The number of hydrogen-bond acceptors (Lipinski definition) is 11. The van der Waals surface area contributed by atoms with Crippen molar-refractivity contribution in [3.05, 3.63) is 52.0 Å². The van der Waals surface area contributed by atoms with Crippen molar-refractivity contribution in [2.45, 2.75) is 30.8 Å². The smallest absolute Gasteiger partial charge is 0.339 e. The first kappa shape index (κ1) is 27.0. The number of likely N-dealkylation sites (N-methyl/N-ethyl adjacent to an activating group) is 1. The Morgan fingerprint density at radius 1 is 1.22 bits per heavy atom. The zero-order chi connectivity index (χ0) is 27.8. The van der Waals surface area contributed by atoms with Gasteiger partial charge in [0.2, 0.25) is 11.8 Å². The molecule has 1 aromatic rings. The Morgan fingerprint density at radius 2 is 1.84 bits per heavy atom. The third kappa shape index (κ3) is 3.82. The maximum absolute atomic E-state index is 13.7. The minimum atomic E-state index is -4.70. The van der Waals surface area contributed by atoms with Crippen LogP contribution in [0.4, 0.5) is 4.39 Å². The molecule has 0 bridgehead atoms. The molecule has 6 unspecified atom stereocenters. The lowest BCUT2D eigenvalue weighted by Crippen LogP contribution is -2.64. The van der Waals surface area contributed by atoms with Crippen LogP contribution in [-0.4, -0.2) is 88.6 Å². The molecule has 0 aromatic heterocycles. The van der Waals surface area contributed by atoms with Gasteiger partial charge in [0.25, 0.3) is 5.91 Å². The number of aliphatic hydroxyl groups is 5. The van der Waals surface area contributed by atoms with E-state index in [-0.39, 0.29) is 11.1 Å². The summed E-state index contributed by atoms with van der Waals surface area (Å²) in [6.07, 6.45) is -1.58. The monoisotopic (exact) mass is 542 g/mol. The molecule has 12 nitrogen and oxygen atoms in total. The lowest BCUT2D eigenvalue weighted by atomic mass is 9.56. The molecule has 0 radical (unpaired) electrons. The Hall–Kier alpha value is -3.04. The van der Waals surface area contributed by atoms with Crippen molar-refractivity contribution < 1.29 is 52.1 Å². The second kappa shape index (κ2) is 8.77. The van der Waals surface area contributed by atoms with E-state index in [0.717, 1.165) is 6.07 Å². The molecule has 1 amide bonds. The Labute approximate surface area is 211 Å². The molecular weight excluding hydrogens is 515 g/mol. The van der Waals surface area contributed by atoms with E-state index in [0.29, 0.717) is 0 Å². The maximum atomic E-state index is 13.7. The molecule has 14 heteroatoms. The number of rotatable bonds is 5. The van der Waals surface area contributed by atoms with E-state index in [1.54, 1.807) is 6.92 Å². The average Bonchev–Trinajstić information content (AvgIpc) is 2.78. The summed E-state index contributed by atoms with van der Waals surface area (Å²) in [5, 5.41) is 55.7. The highest BCUT2D eigenvalue weighted by atomic mass is 32.2. The number of alkyl halides is 1. The minimum Gasteiger partial charge on any atom is -0.511 e. The van der Waals surface area contributed by atoms with E-state index in [1.165, 1.54) is 31.1 Å². The van der Waals surface area contributed by atoms with Crippen LogP contribution in [0.5, 0.6) is 5.75 Å². The zero-order valence-electron chi connectivity index (χ0n) is 20.0. The van der Waals surface area contributed by atoms with Crippen LogP contribution in [0.3, 0.4) is 0 Å². The lowest BCUT2D eigenvalue weighted by Gasteiger charge is -2.54. The number of fused-ring (bicyclic) bond motifs is 3. The van der Waals surface area contributed by atoms with Crippen LogP contribution in [0, 0.1) is 17.8 Å². The quantitative estimate of drug-likeness (QED) is 0.208. The number of primary amides is 1. The van der Waals surface area contributed by atoms with Crippen molar-refractivity contribution in [1.82, 2.24) is 4.90 Å². The Kier molecular flexibility index (Phi) is 6.40. The lowest BCUT2D eigenvalue weighted by molar-refractivity contribution is -0.215. The van der Waals surface area contributed by atoms with E-state index in [1.807, 2.05) is 0 Å². The van der Waals surface area contributed by atoms with Crippen LogP contribution >= 0.6 is 0 Å². The molecule has 202 valence electrons. The molecule has 0 heterocycles. The summed E-state index contributed by atoms with van der Waals surface area (Å²) in [5.74, 6) is -13.0. The van der Waals surface area contributed by atoms with Gasteiger partial charge < -0.3 is 35.4 Å². The van der Waals surface area contributed by atoms with Gasteiger partial charge in [0.05, 0.1) is 23.6 Å². The topological polar surface area (TPSA) is 208 Å². The SMILES string of the molecule is CC1c2cccc(OS(=O)(=O)CF)c2C(=O)C2=C(O)C3C(C(O)C21)C(N(C)C)C(O)=C(C(N)=O)C3(O)O. The highest BCUT2D eigenvalue weighted by Gasteiger charge is 2.64. The minimum absolute atomic E-state index is 0.240. The molecule has 0 aliphatic heterocycles. The summed E-state index contributed by atoms with van der Waals surface area (Å²) in [5.41, 5.74) is 3.76. The van der Waals surface area contributed by atoms with Crippen LogP contribution in [0.2, 0.25) is 0 Å². The van der Waals surface area contributed by atoms with Crippen LogP contribution in [-0.2, 0) is 14.9 Å². The van der Waals surface area contributed by atoms with Gasteiger partial charge in [-0.3, -0.25) is 14.5 Å². The van der Waals surface area contributed by atoms with Gasteiger partial charge in [0.15, 0.2) is 11.5 Å². The summed E-state index contributed by atoms with van der Waals surface area (Å²) >= 11 is 0. The van der Waals surface area contributed by atoms with Gasteiger partial charge >= 0.3 is 10.1 Å². The molecule has 1 aromatic carbocycles. The van der Waals surface area contributed by atoms with E-state index >= 15 is 0 Å². The Balaban J connectivity index is 2.00. The van der Waals surface area contributed by atoms with Crippen molar-refractivity contribution in [2.24, 2.45) is 23.5 Å². The van der Waals surface area contributed by atoms with Gasteiger partial charge in [-0.25, -0.2) is 4.39 Å². The summed E-state index contributed by atoms with van der Waals surface area (Å²) in [6, 6.07) is 0.894. The number of nitrogens with two attached hydrogens (primary N) is 1.